The fraction of sp³-hybridized carbons (Fsp3) is 0.320. The van der Waals surface area contributed by atoms with Crippen LogP contribution in [-0.4, -0.2) is 89.2 Å². The van der Waals surface area contributed by atoms with Gasteiger partial charge in [-0.2, -0.15) is 8.42 Å². The quantitative estimate of drug-likeness (QED) is 0.253. The number of ketones is 2. The Morgan fingerprint density at radius 1 is 0.861 bits per heavy atom. The number of fused-ring (bicyclic) bond motifs is 2. The molecule has 0 radical (unpaired) electrons. The molecule has 36 heavy (non-hydrogen) atoms. The molecule has 0 fully saturated rings. The number of pyridine rings is 1. The second-order valence-corrected chi connectivity index (χ2v) is 9.66. The lowest BCUT2D eigenvalue weighted by atomic mass is 9.98. The first-order valence-electron chi connectivity index (χ1n) is 11.2. The Labute approximate surface area is 208 Å². The van der Waals surface area contributed by atoms with Crippen molar-refractivity contribution in [1.82, 2.24) is 9.88 Å². The van der Waals surface area contributed by atoms with E-state index >= 15 is 0 Å². The van der Waals surface area contributed by atoms with Crippen LogP contribution in [0, 0.1) is 6.92 Å². The molecule has 0 unspecified atom stereocenters. The van der Waals surface area contributed by atoms with Crippen LogP contribution >= 0.6 is 0 Å². The van der Waals surface area contributed by atoms with Gasteiger partial charge in [-0.25, -0.2) is 0 Å². The second-order valence-electron chi connectivity index (χ2n) is 8.24. The Morgan fingerprint density at radius 2 is 1.39 bits per heavy atom. The maximum absolute atomic E-state index is 12.6. The number of benzene rings is 2. The summed E-state index contributed by atoms with van der Waals surface area (Å²) in [5, 5.41) is 26.0. The van der Waals surface area contributed by atoms with E-state index in [0.29, 0.717) is 52.9 Å². The highest BCUT2D eigenvalue weighted by Crippen LogP contribution is 2.34. The first-order valence-corrected chi connectivity index (χ1v) is 12.7. The van der Waals surface area contributed by atoms with Crippen molar-refractivity contribution in [3.05, 3.63) is 70.9 Å². The molecule has 10 nitrogen and oxygen atoms in total. The van der Waals surface area contributed by atoms with E-state index in [1.165, 1.54) is 12.1 Å². The fourth-order valence-corrected chi connectivity index (χ4v) is 4.68. The summed E-state index contributed by atoms with van der Waals surface area (Å²) < 4.78 is 32.0. The van der Waals surface area contributed by atoms with Crippen LogP contribution < -0.4 is 0 Å². The summed E-state index contributed by atoms with van der Waals surface area (Å²) in [5.41, 5.74) is 2.11. The molecule has 4 N–H and O–H groups in total. The molecule has 0 aliphatic heterocycles. The molecule has 1 heterocycles. The summed E-state index contributed by atoms with van der Waals surface area (Å²) in [6, 6.07) is 12.4. The van der Waals surface area contributed by atoms with Crippen molar-refractivity contribution in [3.8, 4) is 0 Å². The highest BCUT2D eigenvalue weighted by atomic mass is 32.2. The Morgan fingerprint density at radius 3 is 1.86 bits per heavy atom. The van der Waals surface area contributed by atoms with Crippen LogP contribution in [0.1, 0.15) is 37.9 Å². The van der Waals surface area contributed by atoms with E-state index < -0.39 is 16.0 Å². The third-order valence-corrected chi connectivity index (χ3v) is 6.63. The van der Waals surface area contributed by atoms with Gasteiger partial charge < -0.3 is 15.3 Å². The molecule has 0 amide bonds. The third-order valence-electron chi connectivity index (χ3n) is 5.80. The fourth-order valence-electron chi connectivity index (χ4n) is 4.07. The Bertz CT molecular complexity index is 1320. The smallest absolute Gasteiger partial charge is 0.294 e. The predicted molar refractivity (Wildman–Crippen MR) is 132 cm³/mol. The van der Waals surface area contributed by atoms with Crippen LogP contribution in [0.5, 0.6) is 0 Å². The number of Topliss-reactive ketones (excluding diaryl/α,β-unsaturated/α-hetero) is 2. The lowest BCUT2D eigenvalue weighted by Gasteiger charge is -2.17. The molecule has 1 aliphatic rings. The normalized spacial score (nSPS) is 13.7. The number of hydrogen-bond acceptors (Lipinski definition) is 9. The lowest BCUT2D eigenvalue weighted by molar-refractivity contribution is 0.0888. The van der Waals surface area contributed by atoms with E-state index in [4.69, 9.17) is 15.3 Å². The number of carbonyl (C=O) groups is 2. The molecule has 1 aromatic heterocycles. The third kappa shape index (κ3) is 6.01. The monoisotopic (exact) mass is 516 g/mol. The number of aryl methyl sites for hydroxylation is 1. The Balaban J connectivity index is 0.000000308. The number of carbonyl (C=O) groups excluding carboxylic acids is 2. The molecule has 0 atom stereocenters. The van der Waals surface area contributed by atoms with Gasteiger partial charge in [-0.05, 0) is 30.7 Å². The van der Waals surface area contributed by atoms with Crippen molar-refractivity contribution in [2.75, 3.05) is 39.5 Å². The van der Waals surface area contributed by atoms with Crippen molar-refractivity contribution in [2.24, 2.45) is 0 Å². The summed E-state index contributed by atoms with van der Waals surface area (Å²) >= 11 is 0. The summed E-state index contributed by atoms with van der Waals surface area (Å²) in [4.78, 5) is 31.3. The molecule has 3 aromatic rings. The molecule has 1 aliphatic carbocycles. The zero-order chi connectivity index (χ0) is 26.5. The average Bonchev–Trinajstić information content (AvgIpc) is 3.09. The maximum atomic E-state index is 12.6. The van der Waals surface area contributed by atoms with Gasteiger partial charge in [0.2, 0.25) is 0 Å². The van der Waals surface area contributed by atoms with Crippen LogP contribution in [0.15, 0.2) is 53.4 Å². The number of aromatic nitrogens is 1. The van der Waals surface area contributed by atoms with E-state index in [2.05, 4.69) is 4.98 Å². The molecular weight excluding hydrogens is 488 g/mol. The Hall–Kier alpha value is -3.06. The molecule has 0 saturated carbocycles. The van der Waals surface area contributed by atoms with Crippen LogP contribution in [0.2, 0.25) is 0 Å². The molecule has 11 heteroatoms. The van der Waals surface area contributed by atoms with Gasteiger partial charge in [-0.1, -0.05) is 30.3 Å². The van der Waals surface area contributed by atoms with Gasteiger partial charge in [0, 0.05) is 36.1 Å². The van der Waals surface area contributed by atoms with E-state index in [1.54, 1.807) is 48.2 Å². The number of aliphatic hydroxyl groups is 3. The van der Waals surface area contributed by atoms with Crippen LogP contribution in [0.3, 0.4) is 0 Å². The number of aliphatic hydroxyl groups excluding tert-OH is 3. The number of rotatable bonds is 8. The van der Waals surface area contributed by atoms with E-state index in [0.717, 1.165) is 0 Å². The van der Waals surface area contributed by atoms with Gasteiger partial charge in [0.15, 0.2) is 11.6 Å². The minimum absolute atomic E-state index is 0.0694. The number of hydrogen-bond donors (Lipinski definition) is 4. The molecule has 4 rings (SSSR count). The Kier molecular flexibility index (Phi) is 9.01. The van der Waals surface area contributed by atoms with Crippen LogP contribution in [-0.2, 0) is 10.1 Å². The van der Waals surface area contributed by atoms with E-state index in [1.807, 2.05) is 0 Å². The van der Waals surface area contributed by atoms with Gasteiger partial charge in [0.25, 0.3) is 10.1 Å². The summed E-state index contributed by atoms with van der Waals surface area (Å²) in [5.74, 6) is -1.56. The van der Waals surface area contributed by atoms with Crippen molar-refractivity contribution >= 4 is 32.6 Å². The van der Waals surface area contributed by atoms with Crippen LogP contribution in [0.4, 0.5) is 0 Å². The van der Waals surface area contributed by atoms with Gasteiger partial charge in [0.1, 0.15) is 5.92 Å². The van der Waals surface area contributed by atoms with Crippen molar-refractivity contribution in [3.63, 3.8) is 0 Å². The highest BCUT2D eigenvalue weighted by molar-refractivity contribution is 7.85. The summed E-state index contributed by atoms with van der Waals surface area (Å²) in [7, 11) is -4.33. The van der Waals surface area contributed by atoms with Crippen molar-refractivity contribution < 1.29 is 37.9 Å². The first-order chi connectivity index (χ1) is 17.1. The zero-order valence-electron chi connectivity index (χ0n) is 19.7. The second kappa shape index (κ2) is 11.8. The van der Waals surface area contributed by atoms with E-state index in [9.17, 15) is 22.6 Å². The molecule has 192 valence electrons. The topological polar surface area (TPSA) is 165 Å². The lowest BCUT2D eigenvalue weighted by Crippen LogP contribution is -2.32. The van der Waals surface area contributed by atoms with Crippen molar-refractivity contribution in [1.29, 1.82) is 0 Å². The van der Waals surface area contributed by atoms with Gasteiger partial charge in [-0.15, -0.1) is 0 Å². The SMILES string of the molecule is Cc1cc(S(=O)(=O)O)cc2ccc(C3C(=O)c4ccccc4C3=O)nc12.OCCN(CCO)CCO. The van der Waals surface area contributed by atoms with Crippen LogP contribution in [0.25, 0.3) is 10.9 Å². The highest BCUT2D eigenvalue weighted by Gasteiger charge is 2.40. The molecule has 2 aromatic carbocycles. The standard InChI is InChI=1S/C19H13NO5S.C6H15NO3/c1-10-8-12(26(23,24)25)9-11-6-7-15(20-17(10)11)16-18(21)13-4-2-3-5-14(13)19(16)22;8-4-1-7(2-5-9)3-6-10/h2-9,16H,1H3,(H,23,24,25);8-10H,1-6H2. The van der Waals surface area contributed by atoms with Crippen molar-refractivity contribution in [2.45, 2.75) is 17.7 Å². The van der Waals surface area contributed by atoms with E-state index in [-0.39, 0.29) is 36.3 Å². The predicted octanol–water partition coefficient (Wildman–Crippen LogP) is 1.22. The van der Waals surface area contributed by atoms with Gasteiger partial charge in [-0.3, -0.25) is 24.0 Å². The molecular formula is C25H28N2O8S. The summed E-state index contributed by atoms with van der Waals surface area (Å²) in [6.45, 7) is 3.41. The first kappa shape index (κ1) is 27.5. The maximum Gasteiger partial charge on any atom is 0.294 e. The van der Waals surface area contributed by atoms with Gasteiger partial charge in [0.05, 0.1) is 35.9 Å². The zero-order valence-corrected chi connectivity index (χ0v) is 20.5. The van der Waals surface area contributed by atoms with Gasteiger partial charge >= 0.3 is 0 Å². The molecule has 0 saturated heterocycles. The largest absolute Gasteiger partial charge is 0.395 e. The minimum atomic E-state index is -4.33. The molecule has 0 bridgehead atoms. The minimum Gasteiger partial charge on any atom is -0.395 e. The number of nitrogens with zero attached hydrogens (tertiary/aromatic N) is 2. The summed E-state index contributed by atoms with van der Waals surface area (Å²) in [6.07, 6.45) is 0. The molecule has 0 spiro atoms. The average molecular weight is 517 g/mol.